The zero-order chi connectivity index (χ0) is 13.5. The van der Waals surface area contributed by atoms with Gasteiger partial charge in [-0.1, -0.05) is 39.0 Å². The van der Waals surface area contributed by atoms with E-state index in [0.29, 0.717) is 12.0 Å². The van der Waals surface area contributed by atoms with Crippen LogP contribution in [0.25, 0.3) is 0 Å². The van der Waals surface area contributed by atoms with Crippen molar-refractivity contribution in [1.29, 1.82) is 0 Å². The summed E-state index contributed by atoms with van der Waals surface area (Å²) in [5, 5.41) is 2.25. The number of hydrazine groups is 1. The molecule has 0 saturated heterocycles. The summed E-state index contributed by atoms with van der Waals surface area (Å²) < 4.78 is 0. The maximum absolute atomic E-state index is 5.82. The fourth-order valence-electron chi connectivity index (χ4n) is 3.31. The van der Waals surface area contributed by atoms with Crippen molar-refractivity contribution in [2.45, 2.75) is 76.7 Å². The van der Waals surface area contributed by atoms with Crippen molar-refractivity contribution in [2.24, 2.45) is 5.84 Å². The number of thiophene rings is 1. The molecule has 0 spiro atoms. The molecule has 3 N–H and O–H groups in total. The highest BCUT2D eigenvalue weighted by atomic mass is 32.1. The molecule has 1 aliphatic rings. The standard InChI is InChI=1S/C16H28N2S/c1-2-3-4-5-6-9-15(18-17)13-8-7-10-16-14(13)11-12-19-16/h11-13,15,18H,2-10,17H2,1H3. The van der Waals surface area contributed by atoms with Gasteiger partial charge in [-0.3, -0.25) is 11.3 Å². The second-order valence-corrected chi connectivity index (χ2v) is 6.77. The first-order valence-corrected chi connectivity index (χ1v) is 8.77. The van der Waals surface area contributed by atoms with E-state index in [9.17, 15) is 0 Å². The molecule has 2 rings (SSSR count). The molecule has 0 radical (unpaired) electrons. The Morgan fingerprint density at radius 2 is 2.21 bits per heavy atom. The van der Waals surface area contributed by atoms with Crippen LogP contribution in [0.3, 0.4) is 0 Å². The van der Waals surface area contributed by atoms with Crippen molar-refractivity contribution in [1.82, 2.24) is 5.43 Å². The molecule has 0 amide bonds. The highest BCUT2D eigenvalue weighted by molar-refractivity contribution is 7.10. The minimum absolute atomic E-state index is 0.468. The summed E-state index contributed by atoms with van der Waals surface area (Å²) in [5.41, 5.74) is 4.67. The van der Waals surface area contributed by atoms with Gasteiger partial charge in [0.15, 0.2) is 0 Å². The molecule has 0 aliphatic heterocycles. The van der Waals surface area contributed by atoms with Gasteiger partial charge in [-0.15, -0.1) is 11.3 Å². The summed E-state index contributed by atoms with van der Waals surface area (Å²) in [6.07, 6.45) is 11.9. The van der Waals surface area contributed by atoms with Gasteiger partial charge in [0, 0.05) is 16.8 Å². The topological polar surface area (TPSA) is 38.0 Å². The molecule has 3 heteroatoms. The molecule has 1 aromatic rings. The number of unbranched alkanes of at least 4 members (excludes halogenated alkanes) is 4. The van der Waals surface area contributed by atoms with Crippen LogP contribution in [-0.4, -0.2) is 6.04 Å². The summed E-state index contributed by atoms with van der Waals surface area (Å²) in [4.78, 5) is 1.60. The van der Waals surface area contributed by atoms with Crippen molar-refractivity contribution in [3.63, 3.8) is 0 Å². The number of fused-ring (bicyclic) bond motifs is 1. The third-order valence-electron chi connectivity index (χ3n) is 4.42. The maximum Gasteiger partial charge on any atom is 0.0279 e. The number of nitrogens with one attached hydrogen (secondary N) is 1. The van der Waals surface area contributed by atoms with Gasteiger partial charge in [0.05, 0.1) is 0 Å². The smallest absolute Gasteiger partial charge is 0.0279 e. The monoisotopic (exact) mass is 280 g/mol. The molecular formula is C16H28N2S. The van der Waals surface area contributed by atoms with E-state index in [1.54, 1.807) is 10.4 Å². The van der Waals surface area contributed by atoms with Crippen LogP contribution in [0.2, 0.25) is 0 Å². The lowest BCUT2D eigenvalue weighted by molar-refractivity contribution is 0.368. The Morgan fingerprint density at radius 3 is 3.00 bits per heavy atom. The maximum atomic E-state index is 5.82. The second kappa shape index (κ2) is 8.03. The third-order valence-corrected chi connectivity index (χ3v) is 5.41. The van der Waals surface area contributed by atoms with E-state index in [-0.39, 0.29) is 0 Å². The Morgan fingerprint density at radius 1 is 1.37 bits per heavy atom. The lowest BCUT2D eigenvalue weighted by Crippen LogP contribution is -2.40. The van der Waals surface area contributed by atoms with Crippen LogP contribution in [0.4, 0.5) is 0 Å². The first-order valence-electron chi connectivity index (χ1n) is 7.89. The van der Waals surface area contributed by atoms with Crippen LogP contribution in [0.1, 0.15) is 74.6 Å². The summed E-state index contributed by atoms with van der Waals surface area (Å²) in [6, 6.07) is 2.79. The Hall–Kier alpha value is -0.380. The average Bonchev–Trinajstić information content (AvgIpc) is 2.91. The van der Waals surface area contributed by atoms with Gasteiger partial charge in [-0.25, -0.2) is 0 Å². The Labute approximate surface area is 121 Å². The molecule has 1 aromatic heterocycles. The SMILES string of the molecule is CCCCCCCC(NN)C1CCCc2sccc21. The lowest BCUT2D eigenvalue weighted by atomic mass is 9.81. The number of hydrogen-bond acceptors (Lipinski definition) is 3. The lowest BCUT2D eigenvalue weighted by Gasteiger charge is -2.30. The molecule has 2 atom stereocenters. The highest BCUT2D eigenvalue weighted by Crippen LogP contribution is 2.38. The quantitative estimate of drug-likeness (QED) is 0.422. The van der Waals surface area contributed by atoms with Crippen molar-refractivity contribution < 1.29 is 0 Å². The Balaban J connectivity index is 1.85. The van der Waals surface area contributed by atoms with Crippen molar-refractivity contribution in [2.75, 3.05) is 0 Å². The zero-order valence-electron chi connectivity index (χ0n) is 12.2. The van der Waals surface area contributed by atoms with Crippen molar-refractivity contribution in [3.05, 3.63) is 21.9 Å². The average molecular weight is 280 g/mol. The zero-order valence-corrected chi connectivity index (χ0v) is 13.0. The fraction of sp³-hybridized carbons (Fsp3) is 0.750. The van der Waals surface area contributed by atoms with E-state index < -0.39 is 0 Å². The van der Waals surface area contributed by atoms with E-state index in [2.05, 4.69) is 23.8 Å². The molecule has 2 unspecified atom stereocenters. The van der Waals surface area contributed by atoms with E-state index >= 15 is 0 Å². The second-order valence-electron chi connectivity index (χ2n) is 5.77. The summed E-state index contributed by atoms with van der Waals surface area (Å²) in [7, 11) is 0. The van der Waals surface area contributed by atoms with Gasteiger partial charge < -0.3 is 0 Å². The van der Waals surface area contributed by atoms with Gasteiger partial charge in [-0.05, 0) is 42.7 Å². The predicted molar refractivity (Wildman–Crippen MR) is 84.5 cm³/mol. The minimum Gasteiger partial charge on any atom is -0.271 e. The van der Waals surface area contributed by atoms with Crippen LogP contribution in [0.5, 0.6) is 0 Å². The fourth-order valence-corrected chi connectivity index (χ4v) is 4.31. The van der Waals surface area contributed by atoms with Crippen molar-refractivity contribution in [3.8, 4) is 0 Å². The third kappa shape index (κ3) is 4.04. The molecule has 0 aromatic carbocycles. The summed E-state index contributed by atoms with van der Waals surface area (Å²) in [5.74, 6) is 6.47. The first kappa shape index (κ1) is 15.0. The molecule has 108 valence electrons. The van der Waals surface area contributed by atoms with E-state index in [0.717, 1.165) is 0 Å². The van der Waals surface area contributed by atoms with Crippen molar-refractivity contribution >= 4 is 11.3 Å². The summed E-state index contributed by atoms with van der Waals surface area (Å²) in [6.45, 7) is 2.27. The van der Waals surface area contributed by atoms with E-state index in [1.165, 1.54) is 57.8 Å². The normalized spacial score (nSPS) is 20.2. The number of rotatable bonds is 8. The van der Waals surface area contributed by atoms with Gasteiger partial charge in [-0.2, -0.15) is 0 Å². The van der Waals surface area contributed by atoms with Gasteiger partial charge in [0.25, 0.3) is 0 Å². The molecule has 1 heterocycles. The molecule has 0 bridgehead atoms. The molecule has 0 saturated carbocycles. The van der Waals surface area contributed by atoms with E-state index in [4.69, 9.17) is 5.84 Å². The molecule has 1 aliphatic carbocycles. The van der Waals surface area contributed by atoms with Crippen LogP contribution in [0, 0.1) is 0 Å². The van der Waals surface area contributed by atoms with Crippen LogP contribution in [-0.2, 0) is 6.42 Å². The minimum atomic E-state index is 0.468. The van der Waals surface area contributed by atoms with Gasteiger partial charge in [0.2, 0.25) is 0 Å². The number of aryl methyl sites for hydroxylation is 1. The van der Waals surface area contributed by atoms with Crippen LogP contribution >= 0.6 is 11.3 Å². The first-order chi connectivity index (χ1) is 9.36. The van der Waals surface area contributed by atoms with E-state index in [1.807, 2.05) is 11.3 Å². The molecule has 0 fully saturated rings. The highest BCUT2D eigenvalue weighted by Gasteiger charge is 2.27. The van der Waals surface area contributed by atoms with Gasteiger partial charge in [0.1, 0.15) is 0 Å². The molecule has 2 nitrogen and oxygen atoms in total. The largest absolute Gasteiger partial charge is 0.271 e. The number of nitrogens with two attached hydrogens (primary N) is 1. The Kier molecular flexibility index (Phi) is 6.35. The van der Waals surface area contributed by atoms with Crippen LogP contribution in [0.15, 0.2) is 11.4 Å². The molecule has 19 heavy (non-hydrogen) atoms. The van der Waals surface area contributed by atoms with Gasteiger partial charge >= 0.3 is 0 Å². The van der Waals surface area contributed by atoms with Crippen LogP contribution < -0.4 is 11.3 Å². The summed E-state index contributed by atoms with van der Waals surface area (Å²) >= 11 is 1.92. The Bertz CT molecular complexity index is 361. The predicted octanol–water partition coefficient (Wildman–Crippen LogP) is 4.36. The number of hydrogen-bond donors (Lipinski definition) is 2. The molecular weight excluding hydrogens is 252 g/mol.